The molecule has 3 aromatic carbocycles. The summed E-state index contributed by atoms with van der Waals surface area (Å²) in [7, 11) is 0. The van der Waals surface area contributed by atoms with E-state index in [9.17, 15) is 4.79 Å². The van der Waals surface area contributed by atoms with Crippen LogP contribution < -0.4 is 0 Å². The quantitative estimate of drug-likeness (QED) is 0.344. The van der Waals surface area contributed by atoms with E-state index in [1.54, 1.807) is 0 Å². The minimum Gasteiger partial charge on any atom is -0.488 e. The minimum atomic E-state index is 0.428. The fourth-order valence-electron chi connectivity index (χ4n) is 2.67. The molecule has 0 N–H and O–H groups in total. The summed E-state index contributed by atoms with van der Waals surface area (Å²) in [6, 6.07) is 29.7. The highest BCUT2D eigenvalue weighted by molar-refractivity contribution is 5.86. The number of allylic oxidation sites excluding steroid dienone is 1. The largest absolute Gasteiger partial charge is 0.488 e. The molecule has 0 amide bonds. The molecule has 0 heterocycles. The maximum atomic E-state index is 11.8. The topological polar surface area (TPSA) is 26.3 Å². The molecule has 0 radical (unpaired) electrons. The number of rotatable bonds is 7. The standard InChI is InChI=1S/C23H20O2/c24-17-22(16-19-10-4-1-5-11-19)23(21-14-8-3-9-15-21)25-18-20-12-6-2-7-13-20/h1-15,17H,16,18H2/b23-22+. The van der Waals surface area contributed by atoms with Crippen molar-refractivity contribution in [2.75, 3.05) is 0 Å². The Bertz CT molecular complexity index is 822. The molecule has 25 heavy (non-hydrogen) atoms. The fourth-order valence-corrected chi connectivity index (χ4v) is 2.67. The maximum Gasteiger partial charge on any atom is 0.150 e. The van der Waals surface area contributed by atoms with Gasteiger partial charge in [0, 0.05) is 17.6 Å². The molecule has 3 aromatic rings. The van der Waals surface area contributed by atoms with Gasteiger partial charge in [-0.3, -0.25) is 4.79 Å². The van der Waals surface area contributed by atoms with Gasteiger partial charge in [0.15, 0.2) is 0 Å². The van der Waals surface area contributed by atoms with Crippen molar-refractivity contribution in [2.45, 2.75) is 13.0 Å². The molecule has 0 aliphatic carbocycles. The van der Waals surface area contributed by atoms with Crippen molar-refractivity contribution in [3.05, 3.63) is 113 Å². The van der Waals surface area contributed by atoms with Gasteiger partial charge in [0.2, 0.25) is 0 Å². The predicted molar refractivity (Wildman–Crippen MR) is 101 cm³/mol. The van der Waals surface area contributed by atoms with Gasteiger partial charge in [-0.15, -0.1) is 0 Å². The van der Waals surface area contributed by atoms with Gasteiger partial charge in [0.25, 0.3) is 0 Å². The van der Waals surface area contributed by atoms with Crippen molar-refractivity contribution in [3.63, 3.8) is 0 Å². The van der Waals surface area contributed by atoms with Crippen LogP contribution in [0.5, 0.6) is 0 Å². The Morgan fingerprint density at radius 3 is 1.80 bits per heavy atom. The second kappa shape index (κ2) is 8.65. The highest BCUT2D eigenvalue weighted by Gasteiger charge is 2.12. The van der Waals surface area contributed by atoms with E-state index < -0.39 is 0 Å². The van der Waals surface area contributed by atoms with Gasteiger partial charge < -0.3 is 4.74 Å². The van der Waals surface area contributed by atoms with E-state index in [0.29, 0.717) is 24.4 Å². The van der Waals surface area contributed by atoms with E-state index in [4.69, 9.17) is 4.74 Å². The molecule has 3 rings (SSSR count). The van der Waals surface area contributed by atoms with E-state index in [1.165, 1.54) is 0 Å². The molecule has 0 aromatic heterocycles. The van der Waals surface area contributed by atoms with Gasteiger partial charge in [0.05, 0.1) is 0 Å². The highest BCUT2D eigenvalue weighted by atomic mass is 16.5. The normalized spacial score (nSPS) is 11.5. The van der Waals surface area contributed by atoms with Crippen molar-refractivity contribution < 1.29 is 9.53 Å². The molecule has 124 valence electrons. The summed E-state index contributed by atoms with van der Waals surface area (Å²) in [5.74, 6) is 0.642. The third kappa shape index (κ3) is 4.67. The monoisotopic (exact) mass is 328 g/mol. The first-order chi connectivity index (χ1) is 12.4. The highest BCUT2D eigenvalue weighted by Crippen LogP contribution is 2.23. The summed E-state index contributed by atoms with van der Waals surface area (Å²) in [5, 5.41) is 0. The summed E-state index contributed by atoms with van der Waals surface area (Å²) in [5.41, 5.74) is 3.71. The third-order valence-corrected chi connectivity index (χ3v) is 3.93. The van der Waals surface area contributed by atoms with E-state index >= 15 is 0 Å². The number of hydrogen-bond acceptors (Lipinski definition) is 2. The van der Waals surface area contributed by atoms with Crippen molar-refractivity contribution >= 4 is 12.0 Å². The third-order valence-electron chi connectivity index (χ3n) is 3.93. The first kappa shape index (κ1) is 16.7. The molecule has 2 nitrogen and oxygen atoms in total. The number of carbonyl (C=O) groups excluding carboxylic acids is 1. The number of aldehydes is 1. The zero-order valence-electron chi connectivity index (χ0n) is 14.0. The van der Waals surface area contributed by atoms with Gasteiger partial charge in [-0.25, -0.2) is 0 Å². The summed E-state index contributed by atoms with van der Waals surface area (Å²) in [6.07, 6.45) is 1.45. The van der Waals surface area contributed by atoms with Gasteiger partial charge in [-0.2, -0.15) is 0 Å². The zero-order chi connectivity index (χ0) is 17.3. The van der Waals surface area contributed by atoms with Crippen LogP contribution in [0, 0.1) is 0 Å². The molecule has 0 fully saturated rings. The molecule has 0 unspecified atom stereocenters. The Labute approximate surface area is 148 Å². The Morgan fingerprint density at radius 2 is 1.24 bits per heavy atom. The molecule has 0 spiro atoms. The Hall–Kier alpha value is -3.13. The molecule has 2 heteroatoms. The van der Waals surface area contributed by atoms with E-state index in [0.717, 1.165) is 23.0 Å². The van der Waals surface area contributed by atoms with Crippen LogP contribution in [0.3, 0.4) is 0 Å². The smallest absolute Gasteiger partial charge is 0.150 e. The van der Waals surface area contributed by atoms with Crippen molar-refractivity contribution in [2.24, 2.45) is 0 Å². The summed E-state index contributed by atoms with van der Waals surface area (Å²) in [6.45, 7) is 0.428. The van der Waals surface area contributed by atoms with Gasteiger partial charge in [-0.05, 0) is 11.1 Å². The number of hydrogen-bond donors (Lipinski definition) is 0. The lowest BCUT2D eigenvalue weighted by molar-refractivity contribution is -0.105. The van der Waals surface area contributed by atoms with Crippen LogP contribution in [0.1, 0.15) is 16.7 Å². The molecule has 0 saturated heterocycles. The Balaban J connectivity index is 1.92. The zero-order valence-corrected chi connectivity index (χ0v) is 14.0. The molecule has 0 saturated carbocycles. The van der Waals surface area contributed by atoms with E-state index in [2.05, 4.69) is 0 Å². The van der Waals surface area contributed by atoms with Crippen LogP contribution in [0.2, 0.25) is 0 Å². The van der Waals surface area contributed by atoms with E-state index in [1.807, 2.05) is 91.0 Å². The number of benzene rings is 3. The van der Waals surface area contributed by atoms with Crippen LogP contribution in [0.15, 0.2) is 96.6 Å². The molecule has 0 bridgehead atoms. The number of ether oxygens (including phenoxy) is 1. The van der Waals surface area contributed by atoms with Crippen molar-refractivity contribution in [3.8, 4) is 0 Å². The molecule has 0 atom stereocenters. The predicted octanol–water partition coefficient (Wildman–Crippen LogP) is 5.06. The minimum absolute atomic E-state index is 0.428. The average molecular weight is 328 g/mol. The van der Waals surface area contributed by atoms with Crippen LogP contribution >= 0.6 is 0 Å². The maximum absolute atomic E-state index is 11.8. The van der Waals surface area contributed by atoms with Gasteiger partial charge in [0.1, 0.15) is 18.7 Å². The first-order valence-corrected chi connectivity index (χ1v) is 8.31. The van der Waals surface area contributed by atoms with Crippen molar-refractivity contribution in [1.82, 2.24) is 0 Å². The lowest BCUT2D eigenvalue weighted by Gasteiger charge is -2.14. The molecule has 0 aliphatic rings. The van der Waals surface area contributed by atoms with Gasteiger partial charge in [-0.1, -0.05) is 91.0 Å². The van der Waals surface area contributed by atoms with Crippen molar-refractivity contribution in [1.29, 1.82) is 0 Å². The number of carbonyl (C=O) groups is 1. The lowest BCUT2D eigenvalue weighted by Crippen LogP contribution is -2.02. The van der Waals surface area contributed by atoms with Crippen LogP contribution in [0.25, 0.3) is 5.76 Å². The Morgan fingerprint density at radius 1 is 0.720 bits per heavy atom. The van der Waals surface area contributed by atoms with Crippen LogP contribution in [-0.2, 0) is 22.6 Å². The molecular formula is C23H20O2. The molecular weight excluding hydrogens is 308 g/mol. The van der Waals surface area contributed by atoms with Gasteiger partial charge >= 0.3 is 0 Å². The fraction of sp³-hybridized carbons (Fsp3) is 0.0870. The van der Waals surface area contributed by atoms with Crippen LogP contribution in [0.4, 0.5) is 0 Å². The van der Waals surface area contributed by atoms with Crippen LogP contribution in [-0.4, -0.2) is 6.29 Å². The summed E-state index contributed by atoms with van der Waals surface area (Å²) < 4.78 is 6.09. The average Bonchev–Trinajstić information content (AvgIpc) is 2.69. The lowest BCUT2D eigenvalue weighted by atomic mass is 10.0. The SMILES string of the molecule is O=C/C(Cc1ccccc1)=C(/OCc1ccccc1)c1ccccc1. The van der Waals surface area contributed by atoms with E-state index in [-0.39, 0.29) is 0 Å². The second-order valence-electron chi connectivity index (χ2n) is 5.77. The summed E-state index contributed by atoms with van der Waals surface area (Å²) >= 11 is 0. The molecule has 0 aliphatic heterocycles. The second-order valence-corrected chi connectivity index (χ2v) is 5.77. The summed E-state index contributed by atoms with van der Waals surface area (Å²) in [4.78, 5) is 11.8. The Kier molecular flexibility index (Phi) is 5.78. The first-order valence-electron chi connectivity index (χ1n) is 8.31.